The van der Waals surface area contributed by atoms with Gasteiger partial charge in [-0.15, -0.1) is 0 Å². The first-order chi connectivity index (χ1) is 4.85. The molecule has 0 radical (unpaired) electrons. The van der Waals surface area contributed by atoms with Crippen LogP contribution in [-0.4, -0.2) is 37.0 Å². The van der Waals surface area contributed by atoms with E-state index in [0.29, 0.717) is 0 Å². The van der Waals surface area contributed by atoms with Gasteiger partial charge in [0.15, 0.2) is 5.60 Å². The van der Waals surface area contributed by atoms with Crippen molar-refractivity contribution in [3.8, 4) is 0 Å². The Labute approximate surface area is 62.9 Å². The normalized spacial score (nSPS) is 34.6. The molecule has 0 amide bonds. The first-order valence-electron chi connectivity index (χ1n) is 3.24. The number of nitrogens with zero attached hydrogens (tertiary/aromatic N) is 1. The second-order valence-electron chi connectivity index (χ2n) is 3.02. The zero-order chi connectivity index (χ0) is 8.70. The topological polar surface area (TPSA) is 12.5 Å². The summed E-state index contributed by atoms with van der Waals surface area (Å²) in [6, 6.07) is 0. The van der Waals surface area contributed by atoms with Crippen LogP contribution >= 0.6 is 0 Å². The van der Waals surface area contributed by atoms with Gasteiger partial charge in [-0.25, -0.2) is 0 Å². The van der Waals surface area contributed by atoms with Gasteiger partial charge in [0, 0.05) is 6.54 Å². The van der Waals surface area contributed by atoms with E-state index in [9.17, 15) is 13.2 Å². The van der Waals surface area contributed by atoms with Gasteiger partial charge in [0.2, 0.25) is 0 Å². The second-order valence-corrected chi connectivity index (χ2v) is 3.02. The van der Waals surface area contributed by atoms with Crippen LogP contribution in [0.25, 0.3) is 0 Å². The van der Waals surface area contributed by atoms with Crippen molar-refractivity contribution in [2.24, 2.45) is 0 Å². The summed E-state index contributed by atoms with van der Waals surface area (Å²) < 4.78 is 41.1. The maximum Gasteiger partial charge on any atom is 0.418 e. The van der Waals surface area contributed by atoms with Gasteiger partial charge in [0.05, 0.1) is 0 Å². The maximum absolute atomic E-state index is 12.2. The quantitative estimate of drug-likeness (QED) is 0.540. The van der Waals surface area contributed by atoms with Crippen LogP contribution < -0.4 is 0 Å². The zero-order valence-corrected chi connectivity index (χ0v) is 6.40. The molecular formula is C6H10F3NO. The van der Waals surface area contributed by atoms with E-state index in [1.165, 1.54) is 4.90 Å². The molecule has 0 saturated carbocycles. The molecule has 11 heavy (non-hydrogen) atoms. The van der Waals surface area contributed by atoms with Crippen LogP contribution in [0.2, 0.25) is 0 Å². The highest BCUT2D eigenvalue weighted by molar-refractivity contribution is 4.89. The Morgan fingerprint density at radius 1 is 1.45 bits per heavy atom. The van der Waals surface area contributed by atoms with Gasteiger partial charge in [0.25, 0.3) is 0 Å². The molecule has 1 saturated heterocycles. The Bertz CT molecular complexity index is 158. The van der Waals surface area contributed by atoms with E-state index in [1.54, 1.807) is 7.05 Å². The Hall–Kier alpha value is -0.290. The highest BCUT2D eigenvalue weighted by atomic mass is 19.4. The molecule has 1 unspecified atom stereocenters. The Morgan fingerprint density at radius 2 is 2.00 bits per heavy atom. The molecule has 66 valence electrons. The third-order valence-electron chi connectivity index (χ3n) is 1.77. The molecule has 0 aromatic heterocycles. The standard InChI is InChI=1S/C6H10F3NO/c1-5(6(7,8)9)3-10(2)4-11-5/h3-4H2,1-2H3. The average Bonchev–Trinajstić information content (AvgIpc) is 2.10. The van der Waals surface area contributed by atoms with Crippen LogP contribution in [0.4, 0.5) is 13.2 Å². The number of rotatable bonds is 0. The first kappa shape index (κ1) is 8.80. The Morgan fingerprint density at radius 3 is 2.18 bits per heavy atom. The number of ether oxygens (including phenoxy) is 1. The van der Waals surface area contributed by atoms with Gasteiger partial charge >= 0.3 is 6.18 Å². The summed E-state index contributed by atoms with van der Waals surface area (Å²) in [7, 11) is 1.59. The largest absolute Gasteiger partial charge is 0.418 e. The minimum Gasteiger partial charge on any atom is -0.349 e. The number of halogens is 3. The minimum atomic E-state index is -4.27. The van der Waals surface area contributed by atoms with Crippen LogP contribution in [0.1, 0.15) is 6.92 Å². The van der Waals surface area contributed by atoms with E-state index in [4.69, 9.17) is 0 Å². The molecule has 0 aliphatic carbocycles. The van der Waals surface area contributed by atoms with Crippen LogP contribution in [-0.2, 0) is 4.74 Å². The third-order valence-corrected chi connectivity index (χ3v) is 1.77. The summed E-state index contributed by atoms with van der Waals surface area (Å²) in [6.45, 7) is 1.03. The van der Waals surface area contributed by atoms with Crippen molar-refractivity contribution in [1.82, 2.24) is 4.90 Å². The van der Waals surface area contributed by atoms with Crippen LogP contribution in [0.15, 0.2) is 0 Å². The van der Waals surface area contributed by atoms with Gasteiger partial charge in [-0.1, -0.05) is 0 Å². The lowest BCUT2D eigenvalue weighted by molar-refractivity contribution is -0.250. The fourth-order valence-corrected chi connectivity index (χ4v) is 1.03. The molecule has 0 aromatic rings. The number of alkyl halides is 3. The Balaban J connectivity index is 2.69. The molecule has 0 spiro atoms. The number of hydrogen-bond donors (Lipinski definition) is 0. The number of hydrogen-bond acceptors (Lipinski definition) is 2. The molecule has 0 N–H and O–H groups in total. The monoisotopic (exact) mass is 169 g/mol. The Kier molecular flexibility index (Phi) is 1.88. The van der Waals surface area contributed by atoms with Gasteiger partial charge in [0.1, 0.15) is 6.73 Å². The van der Waals surface area contributed by atoms with E-state index < -0.39 is 11.8 Å². The molecule has 1 atom stereocenters. The van der Waals surface area contributed by atoms with Crippen molar-refractivity contribution in [2.75, 3.05) is 20.3 Å². The molecule has 1 heterocycles. The van der Waals surface area contributed by atoms with Gasteiger partial charge in [-0.05, 0) is 14.0 Å². The molecule has 1 aliphatic heterocycles. The summed E-state index contributed by atoms with van der Waals surface area (Å²) in [5.41, 5.74) is -1.97. The van der Waals surface area contributed by atoms with Gasteiger partial charge in [-0.3, -0.25) is 4.90 Å². The van der Waals surface area contributed by atoms with E-state index >= 15 is 0 Å². The van der Waals surface area contributed by atoms with Gasteiger partial charge < -0.3 is 4.74 Å². The zero-order valence-electron chi connectivity index (χ0n) is 6.40. The predicted octanol–water partition coefficient (Wildman–Crippen LogP) is 1.23. The highest BCUT2D eigenvalue weighted by Gasteiger charge is 2.55. The summed E-state index contributed by atoms with van der Waals surface area (Å²) in [5.74, 6) is 0. The van der Waals surface area contributed by atoms with Crippen molar-refractivity contribution in [2.45, 2.75) is 18.7 Å². The summed E-state index contributed by atoms with van der Waals surface area (Å²) in [4.78, 5) is 1.49. The van der Waals surface area contributed by atoms with Crippen molar-refractivity contribution in [1.29, 1.82) is 0 Å². The summed E-state index contributed by atoms with van der Waals surface area (Å²) in [6.07, 6.45) is -4.27. The van der Waals surface area contributed by atoms with Crippen LogP contribution in [0.5, 0.6) is 0 Å². The number of likely N-dealkylation sites (N-methyl/N-ethyl adjacent to an activating group) is 1. The maximum atomic E-state index is 12.2. The third kappa shape index (κ3) is 1.49. The highest BCUT2D eigenvalue weighted by Crippen LogP contribution is 2.36. The lowest BCUT2D eigenvalue weighted by Crippen LogP contribution is -2.45. The van der Waals surface area contributed by atoms with E-state index in [-0.39, 0.29) is 13.3 Å². The van der Waals surface area contributed by atoms with Crippen molar-refractivity contribution in [3.05, 3.63) is 0 Å². The minimum absolute atomic E-state index is 0.0516. The first-order valence-corrected chi connectivity index (χ1v) is 3.24. The molecule has 1 fully saturated rings. The smallest absolute Gasteiger partial charge is 0.349 e. The van der Waals surface area contributed by atoms with Crippen molar-refractivity contribution < 1.29 is 17.9 Å². The van der Waals surface area contributed by atoms with E-state index in [2.05, 4.69) is 4.74 Å². The summed E-state index contributed by atoms with van der Waals surface area (Å²) >= 11 is 0. The second kappa shape index (κ2) is 2.35. The SMILES string of the molecule is CN1COC(C)(C(F)(F)F)C1. The molecule has 1 rings (SSSR count). The van der Waals surface area contributed by atoms with E-state index in [1.807, 2.05) is 0 Å². The molecule has 2 nitrogen and oxygen atoms in total. The fraction of sp³-hybridized carbons (Fsp3) is 1.00. The lowest BCUT2D eigenvalue weighted by Gasteiger charge is -2.25. The van der Waals surface area contributed by atoms with Crippen LogP contribution in [0.3, 0.4) is 0 Å². The van der Waals surface area contributed by atoms with Crippen molar-refractivity contribution >= 4 is 0 Å². The van der Waals surface area contributed by atoms with Gasteiger partial charge in [-0.2, -0.15) is 13.2 Å². The van der Waals surface area contributed by atoms with Crippen LogP contribution in [0, 0.1) is 0 Å². The summed E-state index contributed by atoms with van der Waals surface area (Å²) in [5, 5.41) is 0. The molecular weight excluding hydrogens is 159 g/mol. The molecule has 0 aromatic carbocycles. The molecule has 5 heteroatoms. The molecule has 1 aliphatic rings. The fourth-order valence-electron chi connectivity index (χ4n) is 1.03. The average molecular weight is 169 g/mol. The molecule has 0 bridgehead atoms. The van der Waals surface area contributed by atoms with E-state index in [0.717, 1.165) is 6.92 Å². The van der Waals surface area contributed by atoms with Crippen molar-refractivity contribution in [3.63, 3.8) is 0 Å². The lowest BCUT2D eigenvalue weighted by atomic mass is 10.1. The predicted molar refractivity (Wildman–Crippen MR) is 33.0 cm³/mol.